The number of carbonyl (C=O) groups excluding carboxylic acids is 2. The lowest BCUT2D eigenvalue weighted by molar-refractivity contribution is -0.114. The number of halogens is 1. The van der Waals surface area contributed by atoms with Crippen molar-refractivity contribution in [3.8, 4) is 0 Å². The molecule has 0 spiro atoms. The van der Waals surface area contributed by atoms with Crippen LogP contribution in [-0.4, -0.2) is 25.5 Å². The van der Waals surface area contributed by atoms with E-state index >= 15 is 0 Å². The zero-order chi connectivity index (χ0) is 16.8. The third kappa shape index (κ3) is 4.82. The van der Waals surface area contributed by atoms with Gasteiger partial charge in [-0.3, -0.25) is 4.79 Å². The standard InChI is InChI=1S/C17H17BrN2O3/c1-11-8-13(18)6-7-15(11)19-10-16(21)20-14-5-3-4-12(9-14)17(22)23-2/h3-9,19H,10H2,1-2H3,(H,20,21). The molecule has 0 saturated carbocycles. The van der Waals surface area contributed by atoms with Crippen LogP contribution in [-0.2, 0) is 9.53 Å². The van der Waals surface area contributed by atoms with Crippen molar-refractivity contribution < 1.29 is 14.3 Å². The lowest BCUT2D eigenvalue weighted by Crippen LogP contribution is -2.22. The highest BCUT2D eigenvalue weighted by molar-refractivity contribution is 9.10. The van der Waals surface area contributed by atoms with Gasteiger partial charge in [-0.25, -0.2) is 4.79 Å². The van der Waals surface area contributed by atoms with Crippen molar-refractivity contribution in [3.63, 3.8) is 0 Å². The fourth-order valence-corrected chi connectivity index (χ4v) is 2.52. The van der Waals surface area contributed by atoms with Crippen LogP contribution in [0.4, 0.5) is 11.4 Å². The van der Waals surface area contributed by atoms with Crippen molar-refractivity contribution in [2.45, 2.75) is 6.92 Å². The third-order valence-electron chi connectivity index (χ3n) is 3.20. The fraction of sp³-hybridized carbons (Fsp3) is 0.176. The highest BCUT2D eigenvalue weighted by atomic mass is 79.9. The summed E-state index contributed by atoms with van der Waals surface area (Å²) in [5.74, 6) is -0.640. The monoisotopic (exact) mass is 376 g/mol. The van der Waals surface area contributed by atoms with Crippen molar-refractivity contribution >= 4 is 39.2 Å². The van der Waals surface area contributed by atoms with Gasteiger partial charge in [0.15, 0.2) is 0 Å². The Bertz CT molecular complexity index is 732. The maximum Gasteiger partial charge on any atom is 0.337 e. The second-order valence-electron chi connectivity index (χ2n) is 4.93. The van der Waals surface area contributed by atoms with Crippen LogP contribution in [0.25, 0.3) is 0 Å². The Hall–Kier alpha value is -2.34. The Kier molecular flexibility index (Phi) is 5.76. The molecule has 0 aromatic heterocycles. The Morgan fingerprint density at radius 2 is 1.96 bits per heavy atom. The minimum Gasteiger partial charge on any atom is -0.465 e. The summed E-state index contributed by atoms with van der Waals surface area (Å²) in [5, 5.41) is 5.83. The van der Waals surface area contributed by atoms with Crippen molar-refractivity contribution in [2.24, 2.45) is 0 Å². The third-order valence-corrected chi connectivity index (χ3v) is 3.69. The molecule has 0 aliphatic rings. The molecule has 0 aliphatic carbocycles. The Balaban J connectivity index is 1.96. The number of benzene rings is 2. The van der Waals surface area contributed by atoms with Crippen LogP contribution in [0.1, 0.15) is 15.9 Å². The van der Waals surface area contributed by atoms with Crippen molar-refractivity contribution in [3.05, 3.63) is 58.1 Å². The van der Waals surface area contributed by atoms with E-state index in [-0.39, 0.29) is 12.5 Å². The van der Waals surface area contributed by atoms with Crippen molar-refractivity contribution in [1.82, 2.24) is 0 Å². The number of ether oxygens (including phenoxy) is 1. The van der Waals surface area contributed by atoms with Gasteiger partial charge in [0.05, 0.1) is 19.2 Å². The van der Waals surface area contributed by atoms with E-state index in [1.165, 1.54) is 7.11 Å². The van der Waals surface area contributed by atoms with Gasteiger partial charge in [-0.1, -0.05) is 22.0 Å². The van der Waals surface area contributed by atoms with Crippen LogP contribution < -0.4 is 10.6 Å². The summed E-state index contributed by atoms with van der Waals surface area (Å²) in [4.78, 5) is 23.5. The molecular formula is C17H17BrN2O3. The van der Waals surface area contributed by atoms with Gasteiger partial charge in [-0.2, -0.15) is 0 Å². The van der Waals surface area contributed by atoms with E-state index in [0.29, 0.717) is 11.3 Å². The lowest BCUT2D eigenvalue weighted by Gasteiger charge is -2.11. The predicted octanol–water partition coefficient (Wildman–Crippen LogP) is 3.59. The molecule has 0 unspecified atom stereocenters. The van der Waals surface area contributed by atoms with E-state index in [1.807, 2.05) is 25.1 Å². The molecule has 2 rings (SSSR count). The quantitative estimate of drug-likeness (QED) is 0.782. The number of hydrogen-bond acceptors (Lipinski definition) is 4. The summed E-state index contributed by atoms with van der Waals surface area (Å²) in [6, 6.07) is 12.4. The van der Waals surface area contributed by atoms with Gasteiger partial charge < -0.3 is 15.4 Å². The van der Waals surface area contributed by atoms with Crippen LogP contribution in [0.2, 0.25) is 0 Å². The number of methoxy groups -OCH3 is 1. The molecule has 0 aliphatic heterocycles. The number of aryl methyl sites for hydroxylation is 1. The first-order chi connectivity index (χ1) is 11.0. The molecule has 0 atom stereocenters. The molecule has 5 nitrogen and oxygen atoms in total. The number of nitrogens with one attached hydrogen (secondary N) is 2. The van der Waals surface area contributed by atoms with Gasteiger partial charge in [0.1, 0.15) is 0 Å². The summed E-state index contributed by atoms with van der Waals surface area (Å²) in [7, 11) is 1.32. The van der Waals surface area contributed by atoms with E-state index in [2.05, 4.69) is 31.3 Å². The Morgan fingerprint density at radius 3 is 2.65 bits per heavy atom. The molecular weight excluding hydrogens is 360 g/mol. The van der Waals surface area contributed by atoms with Gasteiger partial charge >= 0.3 is 5.97 Å². The second kappa shape index (κ2) is 7.78. The summed E-state index contributed by atoms with van der Waals surface area (Å²) in [6.45, 7) is 2.09. The fourth-order valence-electron chi connectivity index (χ4n) is 2.05. The first-order valence-corrected chi connectivity index (χ1v) is 7.77. The molecule has 120 valence electrons. The largest absolute Gasteiger partial charge is 0.465 e. The predicted molar refractivity (Wildman–Crippen MR) is 93.8 cm³/mol. The molecule has 0 bridgehead atoms. The van der Waals surface area contributed by atoms with E-state index in [9.17, 15) is 9.59 Å². The second-order valence-corrected chi connectivity index (χ2v) is 5.85. The molecule has 2 N–H and O–H groups in total. The minimum absolute atomic E-state index is 0.130. The average Bonchev–Trinajstić information content (AvgIpc) is 2.53. The molecule has 6 heteroatoms. The van der Waals surface area contributed by atoms with Gasteiger partial charge in [0, 0.05) is 15.8 Å². The van der Waals surface area contributed by atoms with Gasteiger partial charge in [-0.15, -0.1) is 0 Å². The molecule has 2 aromatic rings. The Morgan fingerprint density at radius 1 is 1.17 bits per heavy atom. The van der Waals surface area contributed by atoms with E-state index in [1.54, 1.807) is 24.3 Å². The van der Waals surface area contributed by atoms with Crippen molar-refractivity contribution in [2.75, 3.05) is 24.3 Å². The zero-order valence-corrected chi connectivity index (χ0v) is 14.4. The Labute approximate surface area is 143 Å². The van der Waals surface area contributed by atoms with Gasteiger partial charge in [0.25, 0.3) is 0 Å². The molecule has 0 fully saturated rings. The van der Waals surface area contributed by atoms with Crippen LogP contribution in [0, 0.1) is 6.92 Å². The van der Waals surface area contributed by atoms with Crippen LogP contribution in [0.15, 0.2) is 46.9 Å². The molecule has 1 amide bonds. The molecule has 23 heavy (non-hydrogen) atoms. The first-order valence-electron chi connectivity index (χ1n) is 6.98. The maximum atomic E-state index is 12.0. The maximum absolute atomic E-state index is 12.0. The van der Waals surface area contributed by atoms with E-state index in [4.69, 9.17) is 0 Å². The normalized spacial score (nSPS) is 10.0. The molecule has 0 radical (unpaired) electrons. The number of hydrogen-bond donors (Lipinski definition) is 2. The number of amides is 1. The number of esters is 1. The van der Waals surface area contributed by atoms with Crippen molar-refractivity contribution in [1.29, 1.82) is 0 Å². The smallest absolute Gasteiger partial charge is 0.337 e. The van der Waals surface area contributed by atoms with E-state index < -0.39 is 5.97 Å². The van der Waals surface area contributed by atoms with Gasteiger partial charge in [0.2, 0.25) is 5.91 Å². The lowest BCUT2D eigenvalue weighted by atomic mass is 10.2. The van der Waals surface area contributed by atoms with Crippen LogP contribution >= 0.6 is 15.9 Å². The first kappa shape index (κ1) is 17.0. The minimum atomic E-state index is -0.440. The topological polar surface area (TPSA) is 67.4 Å². The highest BCUT2D eigenvalue weighted by Gasteiger charge is 2.08. The summed E-state index contributed by atoms with van der Waals surface area (Å²) in [6.07, 6.45) is 0. The molecule has 0 saturated heterocycles. The highest BCUT2D eigenvalue weighted by Crippen LogP contribution is 2.19. The van der Waals surface area contributed by atoms with E-state index in [0.717, 1.165) is 15.7 Å². The summed E-state index contributed by atoms with van der Waals surface area (Å²) < 4.78 is 5.65. The SMILES string of the molecule is COC(=O)c1cccc(NC(=O)CNc2ccc(Br)cc2C)c1. The summed E-state index contributed by atoms with van der Waals surface area (Å²) in [5.41, 5.74) is 2.88. The molecule has 0 heterocycles. The number of anilines is 2. The number of rotatable bonds is 5. The summed E-state index contributed by atoms with van der Waals surface area (Å²) >= 11 is 3.40. The van der Waals surface area contributed by atoms with Crippen LogP contribution in [0.3, 0.4) is 0 Å². The molecule has 2 aromatic carbocycles. The van der Waals surface area contributed by atoms with Crippen LogP contribution in [0.5, 0.6) is 0 Å². The van der Waals surface area contributed by atoms with Gasteiger partial charge in [-0.05, 0) is 48.9 Å². The zero-order valence-electron chi connectivity index (χ0n) is 12.9. The number of carbonyl (C=O) groups is 2. The average molecular weight is 377 g/mol.